The first-order valence-electron chi connectivity index (χ1n) is 6.54. The molecule has 0 radical (unpaired) electrons. The fourth-order valence-electron chi connectivity index (χ4n) is 1.98. The molecule has 21 heavy (non-hydrogen) atoms. The molecule has 0 saturated carbocycles. The van der Waals surface area contributed by atoms with Crippen molar-refractivity contribution >= 4 is 44.7 Å². The minimum Gasteiger partial charge on any atom is -0.336 e. The van der Waals surface area contributed by atoms with Crippen LogP contribution in [0.1, 0.15) is 5.82 Å². The predicted octanol–water partition coefficient (Wildman–Crippen LogP) is 2.25. The molecule has 1 N–H and O–H groups in total. The van der Waals surface area contributed by atoms with Crippen molar-refractivity contribution < 1.29 is 4.79 Å². The maximum Gasteiger partial charge on any atom is 0.316 e. The molecule has 0 aliphatic heterocycles. The highest BCUT2D eigenvalue weighted by atomic mass is 79.9. The van der Waals surface area contributed by atoms with Crippen molar-refractivity contribution in [1.29, 1.82) is 0 Å². The molecule has 0 saturated heterocycles. The minimum absolute atomic E-state index is 0.117. The van der Waals surface area contributed by atoms with Crippen molar-refractivity contribution in [2.24, 2.45) is 0 Å². The quantitative estimate of drug-likeness (QED) is 0.817. The smallest absolute Gasteiger partial charge is 0.316 e. The molecule has 2 amide bonds. The number of fused-ring (bicyclic) bond motifs is 1. The zero-order chi connectivity index (χ0) is 15.4. The molecule has 6 nitrogen and oxygen atoms in total. The summed E-state index contributed by atoms with van der Waals surface area (Å²) in [5.41, 5.74) is 1.63. The van der Waals surface area contributed by atoms with Crippen LogP contribution in [0.3, 0.4) is 0 Å². The highest BCUT2D eigenvalue weighted by Gasteiger charge is 2.12. The topological polar surface area (TPSA) is 63.1 Å². The Morgan fingerprint density at radius 2 is 2.29 bits per heavy atom. The number of hydrogen-bond donors (Lipinski definition) is 1. The largest absolute Gasteiger partial charge is 0.336 e. The van der Waals surface area contributed by atoms with E-state index in [-0.39, 0.29) is 6.03 Å². The van der Waals surface area contributed by atoms with Crippen LogP contribution in [0.15, 0.2) is 16.7 Å². The molecule has 0 aromatic carbocycles. The predicted molar refractivity (Wildman–Crippen MR) is 86.7 cm³/mol. The van der Waals surface area contributed by atoms with Gasteiger partial charge in [0, 0.05) is 50.2 Å². The summed E-state index contributed by atoms with van der Waals surface area (Å²) in [6.07, 6.45) is 2.40. The molecular formula is C13H17BrClN5O. The molecule has 2 aromatic heterocycles. The van der Waals surface area contributed by atoms with Crippen LogP contribution in [0.2, 0.25) is 0 Å². The third kappa shape index (κ3) is 3.85. The Balaban J connectivity index is 2.20. The Kier molecular flexibility index (Phi) is 5.41. The molecule has 0 atom stereocenters. The number of halogens is 2. The molecule has 2 rings (SSSR count). The molecular weight excluding hydrogens is 358 g/mol. The average Bonchev–Trinajstić information content (AvgIpc) is 2.76. The number of rotatable bonds is 5. The van der Waals surface area contributed by atoms with Gasteiger partial charge in [0.25, 0.3) is 0 Å². The van der Waals surface area contributed by atoms with E-state index >= 15 is 0 Å². The average molecular weight is 375 g/mol. The highest BCUT2D eigenvalue weighted by molar-refractivity contribution is 9.10. The summed E-state index contributed by atoms with van der Waals surface area (Å²) in [5.74, 6) is 1.37. The number of aromatic nitrogens is 3. The number of urea groups is 1. The van der Waals surface area contributed by atoms with Gasteiger partial charge in [0.2, 0.25) is 0 Å². The number of amides is 2. The van der Waals surface area contributed by atoms with Crippen LogP contribution in [0.4, 0.5) is 4.79 Å². The van der Waals surface area contributed by atoms with Crippen molar-refractivity contribution in [2.75, 3.05) is 26.5 Å². The Hall–Kier alpha value is -1.34. The van der Waals surface area contributed by atoms with Crippen LogP contribution in [0.25, 0.3) is 11.2 Å². The van der Waals surface area contributed by atoms with Crippen molar-refractivity contribution in [3.63, 3.8) is 0 Å². The number of nitrogens with one attached hydrogen (secondary N) is 1. The van der Waals surface area contributed by atoms with Crippen LogP contribution in [-0.4, -0.2) is 52.0 Å². The number of alkyl halides is 1. The Morgan fingerprint density at radius 1 is 1.52 bits per heavy atom. The number of imidazole rings is 1. The SMILES string of the molecule is CN(C)C(=O)NCCn1c(CCCl)nc2cc(Br)cnc21. The zero-order valence-corrected chi connectivity index (χ0v) is 14.3. The fourth-order valence-corrected chi connectivity index (χ4v) is 2.46. The summed E-state index contributed by atoms with van der Waals surface area (Å²) >= 11 is 9.23. The van der Waals surface area contributed by atoms with Gasteiger partial charge in [-0.15, -0.1) is 11.6 Å². The van der Waals surface area contributed by atoms with Crippen LogP contribution >= 0.6 is 27.5 Å². The minimum atomic E-state index is -0.117. The first kappa shape index (κ1) is 16.0. The normalized spacial score (nSPS) is 10.9. The van der Waals surface area contributed by atoms with Crippen molar-refractivity contribution in [3.05, 3.63) is 22.6 Å². The van der Waals surface area contributed by atoms with Gasteiger partial charge in [-0.1, -0.05) is 0 Å². The molecule has 0 unspecified atom stereocenters. The standard InChI is InChI=1S/C13H17BrClN5O/c1-19(2)13(21)16-5-6-20-11(3-4-15)18-10-7-9(14)8-17-12(10)20/h7-8H,3-6H2,1-2H3,(H,16,21). The summed E-state index contributed by atoms with van der Waals surface area (Å²) < 4.78 is 2.89. The first-order chi connectivity index (χ1) is 10.0. The third-order valence-corrected chi connectivity index (χ3v) is 3.59. The van der Waals surface area contributed by atoms with Crippen molar-refractivity contribution in [2.45, 2.75) is 13.0 Å². The lowest BCUT2D eigenvalue weighted by Crippen LogP contribution is -2.36. The third-order valence-electron chi connectivity index (χ3n) is 2.97. The summed E-state index contributed by atoms with van der Waals surface area (Å²) in [7, 11) is 3.42. The summed E-state index contributed by atoms with van der Waals surface area (Å²) in [5, 5.41) is 2.83. The second-order valence-corrected chi connectivity index (χ2v) is 6.03. The van der Waals surface area contributed by atoms with E-state index < -0.39 is 0 Å². The Bertz CT molecular complexity index is 643. The number of carbonyl (C=O) groups excluding carboxylic acids is 1. The molecule has 0 aliphatic carbocycles. The van der Waals surface area contributed by atoms with Gasteiger partial charge in [-0.2, -0.15) is 0 Å². The van der Waals surface area contributed by atoms with Crippen molar-refractivity contribution in [3.8, 4) is 0 Å². The van der Waals surface area contributed by atoms with E-state index in [0.29, 0.717) is 25.4 Å². The van der Waals surface area contributed by atoms with Crippen LogP contribution < -0.4 is 5.32 Å². The zero-order valence-electron chi connectivity index (χ0n) is 11.9. The van der Waals surface area contributed by atoms with E-state index in [4.69, 9.17) is 11.6 Å². The second-order valence-electron chi connectivity index (χ2n) is 4.74. The van der Waals surface area contributed by atoms with Crippen LogP contribution in [-0.2, 0) is 13.0 Å². The lowest BCUT2D eigenvalue weighted by Gasteiger charge is -2.13. The van der Waals surface area contributed by atoms with Gasteiger partial charge >= 0.3 is 6.03 Å². The van der Waals surface area contributed by atoms with Gasteiger partial charge in [0.1, 0.15) is 11.3 Å². The van der Waals surface area contributed by atoms with Crippen LogP contribution in [0, 0.1) is 0 Å². The van der Waals surface area contributed by atoms with E-state index in [1.54, 1.807) is 20.3 Å². The molecule has 2 heterocycles. The Labute approximate surface area is 136 Å². The lowest BCUT2D eigenvalue weighted by molar-refractivity contribution is 0.217. The molecule has 114 valence electrons. The van der Waals surface area contributed by atoms with Crippen molar-refractivity contribution in [1.82, 2.24) is 24.8 Å². The van der Waals surface area contributed by atoms with E-state index in [1.807, 2.05) is 10.6 Å². The molecule has 2 aromatic rings. The summed E-state index contributed by atoms with van der Waals surface area (Å²) in [4.78, 5) is 22.0. The summed E-state index contributed by atoms with van der Waals surface area (Å²) in [6, 6.07) is 1.81. The first-order valence-corrected chi connectivity index (χ1v) is 7.87. The van der Waals surface area contributed by atoms with Gasteiger partial charge in [0.15, 0.2) is 5.65 Å². The maximum absolute atomic E-state index is 11.5. The van der Waals surface area contributed by atoms with E-state index in [1.165, 1.54) is 4.90 Å². The lowest BCUT2D eigenvalue weighted by atomic mass is 10.4. The van der Waals surface area contributed by atoms with Gasteiger partial charge < -0.3 is 14.8 Å². The van der Waals surface area contributed by atoms with Crippen LogP contribution in [0.5, 0.6) is 0 Å². The highest BCUT2D eigenvalue weighted by Crippen LogP contribution is 2.18. The van der Waals surface area contributed by atoms with Gasteiger partial charge in [-0.25, -0.2) is 14.8 Å². The molecule has 0 aliphatic rings. The van der Waals surface area contributed by atoms with E-state index in [9.17, 15) is 4.79 Å². The number of nitrogens with zero attached hydrogens (tertiary/aromatic N) is 4. The monoisotopic (exact) mass is 373 g/mol. The van der Waals surface area contributed by atoms with Gasteiger partial charge in [-0.3, -0.25) is 0 Å². The van der Waals surface area contributed by atoms with Gasteiger partial charge in [-0.05, 0) is 22.0 Å². The maximum atomic E-state index is 11.5. The fraction of sp³-hybridized carbons (Fsp3) is 0.462. The van der Waals surface area contributed by atoms with E-state index in [0.717, 1.165) is 21.5 Å². The van der Waals surface area contributed by atoms with Gasteiger partial charge in [0.05, 0.1) is 0 Å². The second kappa shape index (κ2) is 7.09. The molecule has 0 fully saturated rings. The number of pyridine rings is 1. The number of hydrogen-bond acceptors (Lipinski definition) is 3. The number of aryl methyl sites for hydroxylation is 1. The summed E-state index contributed by atoms with van der Waals surface area (Å²) in [6.45, 7) is 1.12. The number of carbonyl (C=O) groups is 1. The Morgan fingerprint density at radius 3 is 2.95 bits per heavy atom. The van der Waals surface area contributed by atoms with E-state index in [2.05, 4.69) is 31.2 Å². The molecule has 8 heteroatoms. The molecule has 0 bridgehead atoms. The molecule has 0 spiro atoms.